The molecule has 0 radical (unpaired) electrons. The van der Waals surface area contributed by atoms with E-state index in [0.29, 0.717) is 6.42 Å². The van der Waals surface area contributed by atoms with Crippen LogP contribution in [0.1, 0.15) is 13.3 Å². The van der Waals surface area contributed by atoms with E-state index in [1.54, 1.807) is 0 Å². The van der Waals surface area contributed by atoms with Crippen molar-refractivity contribution in [3.05, 3.63) is 30.3 Å². The maximum atomic E-state index is 11.7. The van der Waals surface area contributed by atoms with Crippen LogP contribution in [0.5, 0.6) is 0 Å². The Kier molecular flexibility index (Phi) is 4.05. The van der Waals surface area contributed by atoms with Crippen LogP contribution >= 0.6 is 15.9 Å². The van der Waals surface area contributed by atoms with E-state index in [1.807, 2.05) is 30.0 Å². The lowest BCUT2D eigenvalue weighted by atomic mass is 10.2. The van der Waals surface area contributed by atoms with Gasteiger partial charge in [-0.3, -0.25) is 4.79 Å². The van der Waals surface area contributed by atoms with Crippen LogP contribution in [0.25, 0.3) is 0 Å². The average Bonchev–Trinajstić information content (AvgIpc) is 2.39. The van der Waals surface area contributed by atoms with Crippen LogP contribution in [-0.4, -0.2) is 35.4 Å². The van der Waals surface area contributed by atoms with E-state index >= 15 is 0 Å². The van der Waals surface area contributed by atoms with Crippen LogP contribution < -0.4 is 4.90 Å². The Morgan fingerprint density at radius 2 is 2.06 bits per heavy atom. The smallest absolute Gasteiger partial charge is 0.223 e. The number of carbonyl (C=O) groups excluding carboxylic acids is 1. The lowest BCUT2D eigenvalue weighted by Crippen LogP contribution is -2.52. The number of para-hydroxylation sites is 1. The van der Waals surface area contributed by atoms with Crippen molar-refractivity contribution in [1.29, 1.82) is 0 Å². The Hall–Kier alpha value is -1.03. The summed E-state index contributed by atoms with van der Waals surface area (Å²) in [6.45, 7) is 4.44. The van der Waals surface area contributed by atoms with E-state index in [0.717, 1.165) is 19.6 Å². The summed E-state index contributed by atoms with van der Waals surface area (Å²) >= 11 is 3.60. The molecule has 1 heterocycles. The van der Waals surface area contributed by atoms with Crippen molar-refractivity contribution in [3.8, 4) is 0 Å². The first-order valence-electron chi connectivity index (χ1n) is 5.96. The third-order valence-corrected chi connectivity index (χ3v) is 3.85. The lowest BCUT2D eigenvalue weighted by Gasteiger charge is -2.39. The molecule has 0 spiro atoms. The molecule has 0 saturated carbocycles. The normalized spacial score (nSPS) is 20.5. The van der Waals surface area contributed by atoms with E-state index < -0.39 is 0 Å². The second kappa shape index (κ2) is 5.54. The highest BCUT2D eigenvalue weighted by molar-refractivity contribution is 9.09. The van der Waals surface area contributed by atoms with E-state index in [-0.39, 0.29) is 10.9 Å². The quantitative estimate of drug-likeness (QED) is 0.618. The summed E-state index contributed by atoms with van der Waals surface area (Å²) in [4.78, 5) is 16.0. The SMILES string of the molecule is CCC(=O)N1CCN(c2ccccc2)CC1Br. The highest BCUT2D eigenvalue weighted by Gasteiger charge is 2.27. The Balaban J connectivity index is 2.02. The minimum absolute atomic E-state index is 0.115. The van der Waals surface area contributed by atoms with Gasteiger partial charge in [-0.05, 0) is 12.1 Å². The van der Waals surface area contributed by atoms with E-state index in [9.17, 15) is 4.79 Å². The zero-order valence-electron chi connectivity index (χ0n) is 9.97. The summed E-state index contributed by atoms with van der Waals surface area (Å²) < 4.78 is 0. The van der Waals surface area contributed by atoms with Gasteiger partial charge in [-0.2, -0.15) is 0 Å². The summed E-state index contributed by atoms with van der Waals surface area (Å²) in [7, 11) is 0. The van der Waals surface area contributed by atoms with Crippen molar-refractivity contribution < 1.29 is 4.79 Å². The second-order valence-electron chi connectivity index (χ2n) is 4.16. The number of hydrogen-bond acceptors (Lipinski definition) is 2. The lowest BCUT2D eigenvalue weighted by molar-refractivity contribution is -0.131. The molecule has 1 amide bonds. The van der Waals surface area contributed by atoms with Gasteiger partial charge in [0.15, 0.2) is 0 Å². The molecule has 1 aliphatic rings. The molecule has 0 aromatic heterocycles. The summed E-state index contributed by atoms with van der Waals surface area (Å²) in [5, 5.41) is 0. The molecule has 4 heteroatoms. The molecule has 17 heavy (non-hydrogen) atoms. The van der Waals surface area contributed by atoms with Gasteiger partial charge in [0, 0.05) is 31.7 Å². The minimum Gasteiger partial charge on any atom is -0.367 e. The average molecular weight is 297 g/mol. The Bertz CT molecular complexity index is 382. The molecule has 1 fully saturated rings. The number of nitrogens with zero attached hydrogens (tertiary/aromatic N) is 2. The van der Waals surface area contributed by atoms with Gasteiger partial charge in [0.25, 0.3) is 0 Å². The third-order valence-electron chi connectivity index (χ3n) is 3.06. The number of amides is 1. The molecule has 1 aliphatic heterocycles. The first-order valence-corrected chi connectivity index (χ1v) is 6.87. The first kappa shape index (κ1) is 12.4. The molecule has 1 unspecified atom stereocenters. The number of alkyl halides is 1. The molecule has 1 aromatic carbocycles. The van der Waals surface area contributed by atoms with Crippen molar-refractivity contribution in [2.45, 2.75) is 18.3 Å². The van der Waals surface area contributed by atoms with Gasteiger partial charge in [0.1, 0.15) is 4.95 Å². The van der Waals surface area contributed by atoms with Crippen LogP contribution in [0, 0.1) is 0 Å². The maximum Gasteiger partial charge on any atom is 0.223 e. The Labute approximate surface area is 111 Å². The number of benzene rings is 1. The number of rotatable bonds is 2. The highest BCUT2D eigenvalue weighted by Crippen LogP contribution is 2.21. The molecule has 2 rings (SSSR count). The number of piperazine rings is 1. The van der Waals surface area contributed by atoms with Gasteiger partial charge < -0.3 is 9.80 Å². The van der Waals surface area contributed by atoms with E-state index in [2.05, 4.69) is 33.0 Å². The molecule has 0 aliphatic carbocycles. The molecule has 0 N–H and O–H groups in total. The fourth-order valence-electron chi connectivity index (χ4n) is 2.10. The number of hydrogen-bond donors (Lipinski definition) is 0. The Morgan fingerprint density at radius 3 is 2.65 bits per heavy atom. The molecule has 92 valence electrons. The third kappa shape index (κ3) is 2.80. The summed E-state index contributed by atoms with van der Waals surface area (Å²) in [6.07, 6.45) is 0.577. The molecule has 3 nitrogen and oxygen atoms in total. The van der Waals surface area contributed by atoms with Crippen LogP contribution in [0.3, 0.4) is 0 Å². The van der Waals surface area contributed by atoms with Crippen LogP contribution in [0.2, 0.25) is 0 Å². The summed E-state index contributed by atoms with van der Waals surface area (Å²) in [5.74, 6) is 0.222. The summed E-state index contributed by atoms with van der Waals surface area (Å²) in [6, 6.07) is 10.3. The number of anilines is 1. The minimum atomic E-state index is 0.115. The fourth-order valence-corrected chi connectivity index (χ4v) is 2.88. The number of halogens is 1. The second-order valence-corrected chi connectivity index (χ2v) is 5.21. The van der Waals surface area contributed by atoms with Gasteiger partial charge in [0.2, 0.25) is 5.91 Å². The van der Waals surface area contributed by atoms with Crippen LogP contribution in [0.4, 0.5) is 5.69 Å². The molecule has 1 saturated heterocycles. The zero-order valence-corrected chi connectivity index (χ0v) is 11.6. The van der Waals surface area contributed by atoms with Gasteiger partial charge in [-0.15, -0.1) is 0 Å². The Morgan fingerprint density at radius 1 is 1.35 bits per heavy atom. The molecule has 1 atom stereocenters. The first-order chi connectivity index (χ1) is 8.22. The predicted octanol–water partition coefficient (Wildman–Crippen LogP) is 2.47. The van der Waals surface area contributed by atoms with Gasteiger partial charge >= 0.3 is 0 Å². The van der Waals surface area contributed by atoms with Crippen molar-refractivity contribution in [2.24, 2.45) is 0 Å². The predicted molar refractivity (Wildman–Crippen MR) is 73.4 cm³/mol. The largest absolute Gasteiger partial charge is 0.367 e. The van der Waals surface area contributed by atoms with Crippen molar-refractivity contribution in [1.82, 2.24) is 4.90 Å². The van der Waals surface area contributed by atoms with Crippen LogP contribution in [-0.2, 0) is 4.79 Å². The van der Waals surface area contributed by atoms with Crippen molar-refractivity contribution in [2.75, 3.05) is 24.5 Å². The molecular formula is C13H17BrN2O. The zero-order chi connectivity index (χ0) is 12.3. The van der Waals surface area contributed by atoms with E-state index in [4.69, 9.17) is 0 Å². The van der Waals surface area contributed by atoms with Gasteiger partial charge in [-0.1, -0.05) is 41.1 Å². The maximum absolute atomic E-state index is 11.7. The highest BCUT2D eigenvalue weighted by atomic mass is 79.9. The van der Waals surface area contributed by atoms with Gasteiger partial charge in [0.05, 0.1) is 0 Å². The topological polar surface area (TPSA) is 23.6 Å². The van der Waals surface area contributed by atoms with Gasteiger partial charge in [-0.25, -0.2) is 0 Å². The summed E-state index contributed by atoms with van der Waals surface area (Å²) in [5.41, 5.74) is 1.22. The van der Waals surface area contributed by atoms with Crippen LogP contribution in [0.15, 0.2) is 30.3 Å². The molecule has 0 bridgehead atoms. The number of carbonyl (C=O) groups is 1. The van der Waals surface area contributed by atoms with Crippen molar-refractivity contribution in [3.63, 3.8) is 0 Å². The van der Waals surface area contributed by atoms with Crippen molar-refractivity contribution >= 4 is 27.5 Å². The van der Waals surface area contributed by atoms with E-state index in [1.165, 1.54) is 5.69 Å². The molecule has 1 aromatic rings. The monoisotopic (exact) mass is 296 g/mol. The molecular weight excluding hydrogens is 280 g/mol. The fraction of sp³-hybridized carbons (Fsp3) is 0.462. The standard InChI is InChI=1S/C13H17BrN2O/c1-2-13(17)16-9-8-15(10-12(16)14)11-6-4-3-5-7-11/h3-7,12H,2,8-10H2,1H3.